The van der Waals surface area contributed by atoms with Crippen LogP contribution in [0.2, 0.25) is 0 Å². The van der Waals surface area contributed by atoms with Crippen LogP contribution in [-0.2, 0) is 11.3 Å². The van der Waals surface area contributed by atoms with Crippen molar-refractivity contribution in [3.8, 4) is 11.4 Å². The molecule has 0 aliphatic rings. The topological polar surface area (TPSA) is 53.9 Å². The Morgan fingerprint density at radius 2 is 2.08 bits per heavy atom. The molecule has 25 heavy (non-hydrogen) atoms. The smallest absolute Gasteiger partial charge is 0.224 e. The second kappa shape index (κ2) is 8.43. The van der Waals surface area contributed by atoms with Gasteiger partial charge in [0.2, 0.25) is 5.91 Å². The minimum Gasteiger partial charge on any atom is -0.343 e. The second-order valence-electron chi connectivity index (χ2n) is 7.11. The number of aryl methyl sites for hydroxylation is 1. The molecule has 1 atom stereocenters. The molecule has 1 aromatic carbocycles. The van der Waals surface area contributed by atoms with Crippen molar-refractivity contribution in [3.63, 3.8) is 0 Å². The molecule has 1 N–H and O–H groups in total. The van der Waals surface area contributed by atoms with E-state index in [0.29, 0.717) is 23.7 Å². The van der Waals surface area contributed by atoms with Crippen molar-refractivity contribution in [2.75, 3.05) is 7.05 Å². The van der Waals surface area contributed by atoms with Crippen molar-refractivity contribution in [1.82, 2.24) is 19.7 Å². The van der Waals surface area contributed by atoms with Crippen LogP contribution in [0.3, 0.4) is 0 Å². The van der Waals surface area contributed by atoms with Gasteiger partial charge in [0.1, 0.15) is 0 Å². The summed E-state index contributed by atoms with van der Waals surface area (Å²) in [6.45, 7) is 9.01. The lowest BCUT2D eigenvalue weighted by Gasteiger charge is -2.26. The Labute approximate surface area is 155 Å². The zero-order chi connectivity index (χ0) is 18.6. The van der Waals surface area contributed by atoms with Crippen molar-refractivity contribution in [1.29, 1.82) is 0 Å². The highest BCUT2D eigenvalue weighted by molar-refractivity contribution is 7.71. The van der Waals surface area contributed by atoms with Crippen molar-refractivity contribution in [2.45, 2.75) is 53.1 Å². The molecule has 0 fully saturated rings. The Morgan fingerprint density at radius 1 is 1.36 bits per heavy atom. The molecule has 6 heteroatoms. The summed E-state index contributed by atoms with van der Waals surface area (Å²) in [7, 11) is 1.88. The second-order valence-corrected chi connectivity index (χ2v) is 7.49. The Bertz CT molecular complexity index is 778. The zero-order valence-corrected chi connectivity index (χ0v) is 16.6. The third-order valence-electron chi connectivity index (χ3n) is 4.45. The number of carbonyl (C=O) groups excluding carboxylic acids is 1. The number of hydrogen-bond acceptors (Lipinski definition) is 3. The first-order chi connectivity index (χ1) is 11.8. The fourth-order valence-electron chi connectivity index (χ4n) is 3.00. The molecule has 0 bridgehead atoms. The van der Waals surface area contributed by atoms with Gasteiger partial charge in [0.15, 0.2) is 10.6 Å². The van der Waals surface area contributed by atoms with Gasteiger partial charge in [0.25, 0.3) is 0 Å². The molecule has 136 valence electrons. The third-order valence-corrected chi connectivity index (χ3v) is 4.76. The van der Waals surface area contributed by atoms with Gasteiger partial charge in [-0.1, -0.05) is 37.6 Å². The predicted octanol–water partition coefficient (Wildman–Crippen LogP) is 4.20. The summed E-state index contributed by atoms with van der Waals surface area (Å²) in [4.78, 5) is 14.4. The average Bonchev–Trinajstić information content (AvgIpc) is 2.92. The molecule has 2 rings (SSSR count). The molecule has 0 aliphatic carbocycles. The number of aromatic nitrogens is 3. The lowest BCUT2D eigenvalue weighted by atomic mass is 10.0. The van der Waals surface area contributed by atoms with Gasteiger partial charge in [-0.2, -0.15) is 5.10 Å². The van der Waals surface area contributed by atoms with E-state index in [9.17, 15) is 4.79 Å². The van der Waals surface area contributed by atoms with Crippen molar-refractivity contribution in [2.24, 2.45) is 5.92 Å². The van der Waals surface area contributed by atoms with Crippen LogP contribution in [0, 0.1) is 17.6 Å². The molecule has 0 spiro atoms. The van der Waals surface area contributed by atoms with E-state index >= 15 is 0 Å². The molecular weight excluding hydrogens is 332 g/mol. The summed E-state index contributed by atoms with van der Waals surface area (Å²) in [6, 6.07) is 8.36. The predicted molar refractivity (Wildman–Crippen MR) is 104 cm³/mol. The quantitative estimate of drug-likeness (QED) is 0.753. The van der Waals surface area contributed by atoms with Gasteiger partial charge < -0.3 is 4.90 Å². The zero-order valence-electron chi connectivity index (χ0n) is 15.7. The molecule has 1 amide bonds. The van der Waals surface area contributed by atoms with E-state index in [1.165, 1.54) is 0 Å². The molecular formula is C19H28N4OS. The molecule has 0 saturated carbocycles. The molecule has 5 nitrogen and oxygen atoms in total. The van der Waals surface area contributed by atoms with Gasteiger partial charge in [-0.05, 0) is 44.5 Å². The number of amides is 1. The first-order valence-electron chi connectivity index (χ1n) is 8.77. The Hall–Kier alpha value is -1.95. The van der Waals surface area contributed by atoms with Gasteiger partial charge >= 0.3 is 0 Å². The van der Waals surface area contributed by atoms with Crippen LogP contribution in [0.4, 0.5) is 0 Å². The number of H-pyrrole nitrogens is 1. The lowest BCUT2D eigenvalue weighted by Crippen LogP contribution is -2.36. The van der Waals surface area contributed by atoms with Crippen LogP contribution in [0.15, 0.2) is 24.3 Å². The summed E-state index contributed by atoms with van der Waals surface area (Å²) in [6.07, 6.45) is 1.41. The Balaban J connectivity index is 2.10. The summed E-state index contributed by atoms with van der Waals surface area (Å²) in [5, 5.41) is 7.19. The molecule has 0 aliphatic heterocycles. The standard InChI is InChI=1S/C19H28N4OS/c1-13(2)11-15(4)22(5)17(24)9-10-23-18(20-21-19(23)25)16-8-6-7-14(3)12-16/h6-8,12-13,15H,9-11H2,1-5H3,(H,21,25). The lowest BCUT2D eigenvalue weighted by molar-refractivity contribution is -0.132. The van der Waals surface area contributed by atoms with Crippen LogP contribution in [0.5, 0.6) is 0 Å². The van der Waals surface area contributed by atoms with Gasteiger partial charge in [0, 0.05) is 31.6 Å². The summed E-state index contributed by atoms with van der Waals surface area (Å²) in [5.41, 5.74) is 2.16. The maximum atomic E-state index is 12.5. The SMILES string of the molecule is Cc1cccc(-c2n[nH]c(=S)n2CCC(=O)N(C)C(C)CC(C)C)c1. The van der Waals surface area contributed by atoms with Crippen LogP contribution in [-0.4, -0.2) is 38.7 Å². The van der Waals surface area contributed by atoms with E-state index in [1.54, 1.807) is 0 Å². The number of aromatic amines is 1. The van der Waals surface area contributed by atoms with E-state index in [-0.39, 0.29) is 11.9 Å². The number of nitrogens with one attached hydrogen (secondary N) is 1. The third kappa shape index (κ3) is 5.01. The highest BCUT2D eigenvalue weighted by atomic mass is 32.1. The number of hydrogen-bond donors (Lipinski definition) is 1. The van der Waals surface area contributed by atoms with Gasteiger partial charge in [-0.25, -0.2) is 0 Å². The molecule has 0 saturated heterocycles. The monoisotopic (exact) mass is 360 g/mol. The first kappa shape index (κ1) is 19.4. The van der Waals surface area contributed by atoms with E-state index in [1.807, 2.05) is 41.6 Å². The van der Waals surface area contributed by atoms with Crippen LogP contribution < -0.4 is 0 Å². The van der Waals surface area contributed by atoms with Crippen molar-refractivity contribution >= 4 is 18.1 Å². The highest BCUT2D eigenvalue weighted by Gasteiger charge is 2.18. The number of rotatable bonds is 7. The number of nitrogens with zero attached hydrogens (tertiary/aromatic N) is 3. The van der Waals surface area contributed by atoms with Crippen LogP contribution in [0.25, 0.3) is 11.4 Å². The van der Waals surface area contributed by atoms with Gasteiger partial charge in [0.05, 0.1) is 0 Å². The van der Waals surface area contributed by atoms with E-state index in [2.05, 4.69) is 37.0 Å². The average molecular weight is 361 g/mol. The molecule has 1 heterocycles. The maximum Gasteiger partial charge on any atom is 0.224 e. The first-order valence-corrected chi connectivity index (χ1v) is 9.18. The van der Waals surface area contributed by atoms with Crippen LogP contribution in [0.1, 0.15) is 39.2 Å². The van der Waals surface area contributed by atoms with E-state index < -0.39 is 0 Å². The molecule has 1 unspecified atom stereocenters. The van der Waals surface area contributed by atoms with Crippen molar-refractivity contribution in [3.05, 3.63) is 34.6 Å². The number of carbonyl (C=O) groups is 1. The highest BCUT2D eigenvalue weighted by Crippen LogP contribution is 2.19. The van der Waals surface area contributed by atoms with Crippen molar-refractivity contribution < 1.29 is 4.79 Å². The number of benzene rings is 1. The van der Waals surface area contributed by atoms with Crippen LogP contribution >= 0.6 is 12.2 Å². The van der Waals surface area contributed by atoms with E-state index in [4.69, 9.17) is 12.2 Å². The Kier molecular flexibility index (Phi) is 6.53. The summed E-state index contributed by atoms with van der Waals surface area (Å²) >= 11 is 5.35. The summed E-state index contributed by atoms with van der Waals surface area (Å²) in [5.74, 6) is 1.48. The summed E-state index contributed by atoms with van der Waals surface area (Å²) < 4.78 is 2.45. The fourth-order valence-corrected chi connectivity index (χ4v) is 3.22. The minimum absolute atomic E-state index is 0.131. The minimum atomic E-state index is 0.131. The molecule has 2 aromatic rings. The Morgan fingerprint density at radius 3 is 2.72 bits per heavy atom. The normalized spacial score (nSPS) is 12.4. The molecule has 0 radical (unpaired) electrons. The largest absolute Gasteiger partial charge is 0.343 e. The van der Waals surface area contributed by atoms with Gasteiger partial charge in [-0.3, -0.25) is 14.5 Å². The molecule has 1 aromatic heterocycles. The maximum absolute atomic E-state index is 12.5. The van der Waals surface area contributed by atoms with E-state index in [0.717, 1.165) is 23.4 Å². The van der Waals surface area contributed by atoms with Gasteiger partial charge in [-0.15, -0.1) is 0 Å². The fraction of sp³-hybridized carbons (Fsp3) is 0.526.